The van der Waals surface area contributed by atoms with Gasteiger partial charge in [0.15, 0.2) is 0 Å². The second-order valence-electron chi connectivity index (χ2n) is 5.82. The summed E-state index contributed by atoms with van der Waals surface area (Å²) < 4.78 is 23.0. The predicted octanol–water partition coefficient (Wildman–Crippen LogP) is 5.18. The van der Waals surface area contributed by atoms with E-state index in [2.05, 4.69) is 5.09 Å². The van der Waals surface area contributed by atoms with Crippen LogP contribution >= 0.6 is 29.7 Å². The molecular formula is C17H18Cl2NO4P. The van der Waals surface area contributed by atoms with Crippen molar-refractivity contribution in [2.75, 3.05) is 0 Å². The van der Waals surface area contributed by atoms with Crippen LogP contribution in [0.4, 0.5) is 0 Å². The van der Waals surface area contributed by atoms with Crippen LogP contribution in [-0.2, 0) is 20.7 Å². The van der Waals surface area contributed by atoms with Crippen LogP contribution in [0.3, 0.4) is 0 Å². The Hall–Kier alpha value is -1.52. The Labute approximate surface area is 156 Å². The van der Waals surface area contributed by atoms with Gasteiger partial charge in [-0.05, 0) is 43.7 Å². The van der Waals surface area contributed by atoms with Gasteiger partial charge < -0.3 is 9.26 Å². The number of carbonyl (C=O) groups is 1. The van der Waals surface area contributed by atoms with E-state index in [4.69, 9.17) is 32.1 Å². The number of carbonyl (C=O) groups excluding carboxylic acids is 1. The van der Waals surface area contributed by atoms with Gasteiger partial charge in [0.25, 0.3) is 0 Å². The highest BCUT2D eigenvalue weighted by atomic mass is 35.7. The topological polar surface area (TPSA) is 64.6 Å². The third-order valence-electron chi connectivity index (χ3n) is 3.17. The second kappa shape index (κ2) is 8.24. The summed E-state index contributed by atoms with van der Waals surface area (Å²) >= 11 is 11.7. The molecule has 2 aromatic carbocycles. The van der Waals surface area contributed by atoms with Crippen LogP contribution < -0.4 is 9.61 Å². The van der Waals surface area contributed by atoms with E-state index in [1.807, 2.05) is 30.3 Å². The van der Waals surface area contributed by atoms with E-state index in [1.54, 1.807) is 12.1 Å². The van der Waals surface area contributed by atoms with Gasteiger partial charge in [-0.2, -0.15) is 0 Å². The summed E-state index contributed by atoms with van der Waals surface area (Å²) in [4.78, 5) is 12.3. The van der Waals surface area contributed by atoms with Crippen LogP contribution in [-0.4, -0.2) is 11.5 Å². The average Bonchev–Trinajstić information content (AvgIpc) is 2.54. The molecule has 0 aromatic heterocycles. The Kier molecular flexibility index (Phi) is 6.53. The van der Waals surface area contributed by atoms with Crippen molar-refractivity contribution in [3.8, 4) is 5.75 Å². The zero-order valence-electron chi connectivity index (χ0n) is 13.7. The van der Waals surface area contributed by atoms with Crippen molar-refractivity contribution >= 4 is 35.7 Å². The van der Waals surface area contributed by atoms with E-state index in [0.29, 0.717) is 5.02 Å². The molecule has 1 unspecified atom stereocenters. The number of nitrogens with one attached hydrogen (secondary N) is 1. The Morgan fingerprint density at radius 1 is 1.12 bits per heavy atom. The van der Waals surface area contributed by atoms with Crippen molar-refractivity contribution in [3.63, 3.8) is 0 Å². The lowest BCUT2D eigenvalue weighted by Crippen LogP contribution is -2.45. The molecule has 0 heterocycles. The molecule has 2 aromatic rings. The van der Waals surface area contributed by atoms with Crippen LogP contribution in [0.5, 0.6) is 5.75 Å². The first-order chi connectivity index (χ1) is 11.7. The highest BCUT2D eigenvalue weighted by Gasteiger charge is 2.37. The van der Waals surface area contributed by atoms with Crippen molar-refractivity contribution < 1.29 is 18.6 Å². The molecule has 0 aliphatic rings. The molecule has 0 amide bonds. The Morgan fingerprint density at radius 3 is 2.32 bits per heavy atom. The Bertz CT molecular complexity index is 766. The van der Waals surface area contributed by atoms with E-state index in [-0.39, 0.29) is 12.4 Å². The monoisotopic (exact) mass is 401 g/mol. The minimum Gasteiger partial charge on any atom is -0.459 e. The molecule has 0 aliphatic carbocycles. The van der Waals surface area contributed by atoms with E-state index >= 15 is 0 Å². The maximum Gasteiger partial charge on any atom is 0.410 e. The van der Waals surface area contributed by atoms with Crippen LogP contribution in [0.15, 0.2) is 54.6 Å². The fourth-order valence-electron chi connectivity index (χ4n) is 1.94. The Balaban J connectivity index is 1.96. The molecular weight excluding hydrogens is 384 g/mol. The molecule has 0 radical (unpaired) electrons. The summed E-state index contributed by atoms with van der Waals surface area (Å²) in [6.07, 6.45) is 0. The number of esters is 1. The summed E-state index contributed by atoms with van der Waals surface area (Å²) in [7, 11) is 0. The number of rotatable bonds is 7. The minimum absolute atomic E-state index is 0.107. The lowest BCUT2D eigenvalue weighted by molar-refractivity contribution is -0.150. The molecule has 8 heteroatoms. The smallest absolute Gasteiger partial charge is 0.410 e. The van der Waals surface area contributed by atoms with Gasteiger partial charge in [-0.25, -0.2) is 9.65 Å². The quantitative estimate of drug-likeness (QED) is 0.511. The molecule has 0 fully saturated rings. The van der Waals surface area contributed by atoms with Crippen molar-refractivity contribution in [2.24, 2.45) is 0 Å². The molecule has 0 spiro atoms. The van der Waals surface area contributed by atoms with Crippen molar-refractivity contribution in [3.05, 3.63) is 65.2 Å². The number of hydrogen-bond acceptors (Lipinski definition) is 4. The number of hydrogen-bond donors (Lipinski definition) is 1. The van der Waals surface area contributed by atoms with Crippen LogP contribution in [0.2, 0.25) is 5.02 Å². The largest absolute Gasteiger partial charge is 0.459 e. The third kappa shape index (κ3) is 6.37. The van der Waals surface area contributed by atoms with Crippen LogP contribution in [0.1, 0.15) is 19.4 Å². The minimum atomic E-state index is -3.82. The predicted molar refractivity (Wildman–Crippen MR) is 99.0 cm³/mol. The summed E-state index contributed by atoms with van der Waals surface area (Å²) in [6.45, 7) is -0.687. The highest BCUT2D eigenvalue weighted by Crippen LogP contribution is 2.50. The standard InChI is InChI=1S/C17H18Cl2NO4P/c1-17(2,16(21)23-12-13-6-4-3-5-7-13)20-25(19,22)24-15-10-8-14(18)9-11-15/h3-11H,12H2,1-2H3,(H,20,22). The maximum absolute atomic E-state index is 12.5. The van der Waals surface area contributed by atoms with Gasteiger partial charge >= 0.3 is 12.8 Å². The number of ether oxygens (including phenoxy) is 1. The lowest BCUT2D eigenvalue weighted by atomic mass is 10.1. The Morgan fingerprint density at radius 2 is 1.72 bits per heavy atom. The zero-order valence-corrected chi connectivity index (χ0v) is 16.1. The first kappa shape index (κ1) is 19.8. The summed E-state index contributed by atoms with van der Waals surface area (Å²) in [6, 6.07) is 15.4. The average molecular weight is 402 g/mol. The lowest BCUT2D eigenvalue weighted by Gasteiger charge is -2.26. The van der Waals surface area contributed by atoms with Crippen molar-refractivity contribution in [2.45, 2.75) is 26.0 Å². The van der Waals surface area contributed by atoms with Crippen LogP contribution in [0, 0.1) is 0 Å². The molecule has 0 saturated carbocycles. The van der Waals surface area contributed by atoms with Gasteiger partial charge in [-0.1, -0.05) is 41.9 Å². The van der Waals surface area contributed by atoms with E-state index in [0.717, 1.165) is 5.56 Å². The van der Waals surface area contributed by atoms with Gasteiger partial charge in [-0.3, -0.25) is 4.79 Å². The number of benzene rings is 2. The van der Waals surface area contributed by atoms with Gasteiger partial charge in [0.2, 0.25) is 0 Å². The number of halogens is 2. The van der Waals surface area contributed by atoms with Gasteiger partial charge in [0.1, 0.15) is 17.9 Å². The molecule has 0 aliphatic heterocycles. The second-order valence-corrected chi connectivity index (χ2v) is 8.96. The third-order valence-corrected chi connectivity index (χ3v) is 5.16. The molecule has 134 valence electrons. The maximum atomic E-state index is 12.5. The van der Waals surface area contributed by atoms with Crippen molar-refractivity contribution in [1.29, 1.82) is 0 Å². The molecule has 1 atom stereocenters. The SMILES string of the molecule is CC(C)(NP(=O)(Cl)Oc1ccc(Cl)cc1)C(=O)OCc1ccccc1. The normalized spacial score (nSPS) is 13.8. The molecule has 5 nitrogen and oxygen atoms in total. The first-order valence-electron chi connectivity index (χ1n) is 7.43. The fourth-order valence-corrected chi connectivity index (χ4v) is 4.13. The van der Waals surface area contributed by atoms with Gasteiger partial charge in [0, 0.05) is 16.3 Å². The van der Waals surface area contributed by atoms with Crippen molar-refractivity contribution in [1.82, 2.24) is 5.09 Å². The molecule has 1 N–H and O–H groups in total. The van der Waals surface area contributed by atoms with E-state index < -0.39 is 18.4 Å². The zero-order chi connectivity index (χ0) is 18.5. The molecule has 2 rings (SSSR count). The van der Waals surface area contributed by atoms with Crippen LogP contribution in [0.25, 0.3) is 0 Å². The first-order valence-corrected chi connectivity index (χ1v) is 10.3. The summed E-state index contributed by atoms with van der Waals surface area (Å²) in [5.41, 5.74) is -0.462. The molecule has 25 heavy (non-hydrogen) atoms. The van der Waals surface area contributed by atoms with Gasteiger partial charge in [-0.15, -0.1) is 0 Å². The molecule has 0 saturated heterocycles. The van der Waals surface area contributed by atoms with Gasteiger partial charge in [0.05, 0.1) is 0 Å². The van der Waals surface area contributed by atoms with E-state index in [9.17, 15) is 9.36 Å². The molecule has 0 bridgehead atoms. The fraction of sp³-hybridized carbons (Fsp3) is 0.235. The summed E-state index contributed by atoms with van der Waals surface area (Å²) in [5, 5.41) is 3.03. The highest BCUT2D eigenvalue weighted by molar-refractivity contribution is 7.84. The van der Waals surface area contributed by atoms with E-state index in [1.165, 1.54) is 26.0 Å². The summed E-state index contributed by atoms with van der Waals surface area (Å²) in [5.74, 6) is -0.333.